The zero-order valence-corrected chi connectivity index (χ0v) is 16.3. The first-order valence-electron chi connectivity index (χ1n) is 10.2. The Hall–Kier alpha value is -1.34. The van der Waals surface area contributed by atoms with Crippen molar-refractivity contribution in [1.29, 1.82) is 5.26 Å². The molecule has 0 aliphatic heterocycles. The third-order valence-corrected chi connectivity index (χ3v) is 8.73. The molecule has 7 atom stereocenters. The van der Waals surface area contributed by atoms with Crippen molar-refractivity contribution in [3.63, 3.8) is 0 Å². The van der Waals surface area contributed by atoms with Crippen molar-refractivity contribution in [2.24, 2.45) is 28.6 Å². The lowest BCUT2D eigenvalue weighted by atomic mass is 9.47. The largest absolute Gasteiger partial charge is 0.462 e. The summed E-state index contributed by atoms with van der Waals surface area (Å²) in [5.74, 6) is 1.45. The Morgan fingerprint density at radius 1 is 1.23 bits per heavy atom. The van der Waals surface area contributed by atoms with Crippen LogP contribution in [0.1, 0.15) is 72.1 Å². The van der Waals surface area contributed by atoms with Gasteiger partial charge >= 0.3 is 5.97 Å². The molecule has 0 saturated heterocycles. The van der Waals surface area contributed by atoms with E-state index in [0.29, 0.717) is 24.2 Å². The van der Waals surface area contributed by atoms with Crippen LogP contribution >= 0.6 is 0 Å². The van der Waals surface area contributed by atoms with Crippen molar-refractivity contribution in [1.82, 2.24) is 0 Å². The van der Waals surface area contributed by atoms with E-state index in [9.17, 15) is 15.2 Å². The molecule has 0 aromatic carbocycles. The van der Waals surface area contributed by atoms with Gasteiger partial charge in [0.15, 0.2) is 5.60 Å². The summed E-state index contributed by atoms with van der Waals surface area (Å²) < 4.78 is 5.50. The fourth-order valence-electron chi connectivity index (χ4n) is 7.16. The monoisotopic (exact) mass is 357 g/mol. The molecule has 0 radical (unpaired) electrons. The zero-order valence-electron chi connectivity index (χ0n) is 16.3. The number of ether oxygens (including phenoxy) is 1. The number of fused-ring (bicyclic) bond motifs is 5. The maximum absolute atomic E-state index is 11.3. The van der Waals surface area contributed by atoms with Gasteiger partial charge in [-0.1, -0.05) is 25.5 Å². The topological polar surface area (TPSA) is 70.3 Å². The third-order valence-electron chi connectivity index (χ3n) is 8.73. The average molecular weight is 357 g/mol. The second-order valence-electron chi connectivity index (χ2n) is 9.70. The molecular weight excluding hydrogens is 326 g/mol. The van der Waals surface area contributed by atoms with Crippen LogP contribution in [0.15, 0.2) is 11.6 Å². The minimum atomic E-state index is -1.15. The van der Waals surface area contributed by atoms with Crippen LogP contribution in [0.25, 0.3) is 0 Å². The van der Waals surface area contributed by atoms with E-state index in [0.717, 1.165) is 44.9 Å². The van der Waals surface area contributed by atoms with Gasteiger partial charge in [-0.2, -0.15) is 5.26 Å². The quantitative estimate of drug-likeness (QED) is 0.435. The highest BCUT2D eigenvalue weighted by molar-refractivity contribution is 5.66. The first-order valence-corrected chi connectivity index (χ1v) is 10.2. The summed E-state index contributed by atoms with van der Waals surface area (Å²) in [6, 6.07) is 2.26. The predicted molar refractivity (Wildman–Crippen MR) is 97.8 cm³/mol. The maximum Gasteiger partial charge on any atom is 0.302 e. The van der Waals surface area contributed by atoms with Gasteiger partial charge < -0.3 is 9.84 Å². The highest BCUT2D eigenvalue weighted by Crippen LogP contribution is 2.67. The SMILES string of the molecule is CC(=O)O[C@H]1CC[C@@]2(C)C(=CC[C@@H]3[C@@H]2CC[C@@]2(C)[C@H]3CCC2(O)C#N)C1. The number of aliphatic hydroxyl groups is 1. The Balaban J connectivity index is 1.61. The van der Waals surface area contributed by atoms with Crippen LogP contribution in [0.5, 0.6) is 0 Å². The van der Waals surface area contributed by atoms with Gasteiger partial charge in [-0.3, -0.25) is 4.79 Å². The molecule has 3 saturated carbocycles. The summed E-state index contributed by atoms with van der Waals surface area (Å²) in [6.45, 7) is 6.06. The van der Waals surface area contributed by atoms with E-state index in [2.05, 4.69) is 26.0 Å². The number of hydrogen-bond acceptors (Lipinski definition) is 4. The van der Waals surface area contributed by atoms with Gasteiger partial charge in [0.25, 0.3) is 0 Å². The molecule has 142 valence electrons. The molecular formula is C22H31NO3. The van der Waals surface area contributed by atoms with Crippen molar-refractivity contribution < 1.29 is 14.6 Å². The van der Waals surface area contributed by atoms with Crippen LogP contribution in [0.3, 0.4) is 0 Å². The van der Waals surface area contributed by atoms with Gasteiger partial charge in [0.1, 0.15) is 6.10 Å². The summed E-state index contributed by atoms with van der Waals surface area (Å²) >= 11 is 0. The van der Waals surface area contributed by atoms with Crippen LogP contribution in [-0.2, 0) is 9.53 Å². The molecule has 0 amide bonds. The van der Waals surface area contributed by atoms with E-state index in [-0.39, 0.29) is 22.9 Å². The van der Waals surface area contributed by atoms with Crippen LogP contribution in [-0.4, -0.2) is 22.8 Å². The molecule has 0 aromatic heterocycles. The Kier molecular flexibility index (Phi) is 4.04. The van der Waals surface area contributed by atoms with Gasteiger partial charge in [0.05, 0.1) is 6.07 Å². The molecule has 4 rings (SSSR count). The molecule has 4 heteroatoms. The van der Waals surface area contributed by atoms with Gasteiger partial charge in [-0.15, -0.1) is 0 Å². The minimum Gasteiger partial charge on any atom is -0.462 e. The zero-order chi connectivity index (χ0) is 18.7. The van der Waals surface area contributed by atoms with Crippen LogP contribution < -0.4 is 0 Å². The standard InChI is InChI=1S/C22H31NO3/c1-14(24)26-16-6-9-20(2)15(12-16)4-5-17-18(20)7-10-21(3)19(17)8-11-22(21,25)13-23/h4,16-19,25H,5-12H2,1-3H3/t16-,17+,18-,19-,20-,21-,22?/m0/s1. The van der Waals surface area contributed by atoms with Crippen LogP contribution in [0, 0.1) is 39.9 Å². The summed E-state index contributed by atoms with van der Waals surface area (Å²) in [5, 5.41) is 20.5. The molecule has 4 aliphatic rings. The second kappa shape index (κ2) is 5.83. The number of esters is 1. The lowest BCUT2D eigenvalue weighted by Gasteiger charge is -2.58. The van der Waals surface area contributed by atoms with E-state index in [1.54, 1.807) is 0 Å². The predicted octanol–water partition coefficient (Wildman–Crippen LogP) is 4.14. The number of nitriles is 1. The number of carbonyl (C=O) groups excluding carboxylic acids is 1. The Labute approximate surface area is 156 Å². The Morgan fingerprint density at radius 3 is 2.65 bits per heavy atom. The molecule has 0 spiro atoms. The van der Waals surface area contributed by atoms with E-state index in [4.69, 9.17) is 4.74 Å². The molecule has 26 heavy (non-hydrogen) atoms. The molecule has 4 nitrogen and oxygen atoms in total. The highest BCUT2D eigenvalue weighted by Gasteiger charge is 2.64. The number of hydrogen-bond donors (Lipinski definition) is 1. The first-order chi connectivity index (χ1) is 12.2. The Morgan fingerprint density at radius 2 is 1.96 bits per heavy atom. The van der Waals surface area contributed by atoms with Gasteiger partial charge in [0, 0.05) is 18.8 Å². The number of rotatable bonds is 1. The first kappa shape index (κ1) is 18.0. The van der Waals surface area contributed by atoms with Crippen molar-refractivity contribution in [3.8, 4) is 6.07 Å². The van der Waals surface area contributed by atoms with E-state index < -0.39 is 5.60 Å². The normalized spacial score (nSPS) is 49.9. The highest BCUT2D eigenvalue weighted by atomic mass is 16.5. The number of allylic oxidation sites excluding steroid dienone is 1. The fourth-order valence-corrected chi connectivity index (χ4v) is 7.16. The summed E-state index contributed by atoms with van der Waals surface area (Å²) in [5.41, 5.74) is 0.252. The van der Waals surface area contributed by atoms with Crippen LogP contribution in [0.4, 0.5) is 0 Å². The maximum atomic E-state index is 11.3. The molecule has 3 fully saturated rings. The summed E-state index contributed by atoms with van der Waals surface area (Å²) in [6.07, 6.45) is 10.0. The van der Waals surface area contributed by atoms with E-state index in [1.807, 2.05) is 0 Å². The molecule has 4 aliphatic carbocycles. The molecule has 1 N–H and O–H groups in total. The second-order valence-corrected chi connectivity index (χ2v) is 9.70. The summed E-state index contributed by atoms with van der Waals surface area (Å²) in [4.78, 5) is 11.3. The van der Waals surface area contributed by atoms with Crippen molar-refractivity contribution >= 4 is 5.97 Å². The third kappa shape index (κ3) is 2.32. The fraction of sp³-hybridized carbons (Fsp3) is 0.818. The van der Waals surface area contributed by atoms with Crippen LogP contribution in [0.2, 0.25) is 0 Å². The Bertz CT molecular complexity index is 694. The molecule has 0 aromatic rings. The smallest absolute Gasteiger partial charge is 0.302 e. The van der Waals surface area contributed by atoms with Gasteiger partial charge in [0.2, 0.25) is 0 Å². The molecule has 1 unspecified atom stereocenters. The lowest BCUT2D eigenvalue weighted by Crippen LogP contribution is -2.54. The van der Waals surface area contributed by atoms with E-state index >= 15 is 0 Å². The molecule has 0 bridgehead atoms. The molecule has 0 heterocycles. The number of nitrogens with zero attached hydrogens (tertiary/aromatic N) is 1. The van der Waals surface area contributed by atoms with Crippen molar-refractivity contribution in [2.75, 3.05) is 0 Å². The van der Waals surface area contributed by atoms with Crippen molar-refractivity contribution in [2.45, 2.75) is 83.8 Å². The van der Waals surface area contributed by atoms with Gasteiger partial charge in [-0.05, 0) is 68.1 Å². The number of carbonyl (C=O) groups is 1. The average Bonchev–Trinajstić information content (AvgIpc) is 2.87. The van der Waals surface area contributed by atoms with Gasteiger partial charge in [-0.25, -0.2) is 0 Å². The lowest BCUT2D eigenvalue weighted by molar-refractivity contribution is -0.149. The van der Waals surface area contributed by atoms with Crippen molar-refractivity contribution in [3.05, 3.63) is 11.6 Å². The summed E-state index contributed by atoms with van der Waals surface area (Å²) in [7, 11) is 0. The minimum absolute atomic E-state index is 0.0346. The van der Waals surface area contributed by atoms with E-state index in [1.165, 1.54) is 12.5 Å².